The zero-order chi connectivity index (χ0) is 10.7. The average molecular weight is 244 g/mol. The third kappa shape index (κ3) is 2.54. The molecule has 80 valence electrons. The van der Waals surface area contributed by atoms with Crippen molar-refractivity contribution in [2.75, 3.05) is 0 Å². The number of H-pyrrole nitrogens is 1. The lowest BCUT2D eigenvalue weighted by molar-refractivity contribution is 0.540. The Morgan fingerprint density at radius 2 is 2.47 bits per heavy atom. The number of nitrogens with one attached hydrogen (secondary N) is 2. The van der Waals surface area contributed by atoms with Crippen LogP contribution in [0.15, 0.2) is 18.3 Å². The Morgan fingerprint density at radius 3 is 3.00 bits per heavy atom. The molecule has 15 heavy (non-hydrogen) atoms. The van der Waals surface area contributed by atoms with Gasteiger partial charge in [-0.15, -0.1) is 11.3 Å². The third-order valence-electron chi connectivity index (χ3n) is 2.03. The Morgan fingerprint density at radius 1 is 1.60 bits per heavy atom. The van der Waals surface area contributed by atoms with Gasteiger partial charge in [-0.1, -0.05) is 11.6 Å². The largest absolute Gasteiger partial charge is 0.271 e. The van der Waals surface area contributed by atoms with Crippen molar-refractivity contribution in [2.24, 2.45) is 5.84 Å². The molecule has 0 aliphatic heterocycles. The van der Waals surface area contributed by atoms with Crippen LogP contribution in [0, 0.1) is 0 Å². The number of hydrogen-bond acceptors (Lipinski definition) is 5. The van der Waals surface area contributed by atoms with Crippen LogP contribution in [-0.4, -0.2) is 15.4 Å². The van der Waals surface area contributed by atoms with E-state index in [1.54, 1.807) is 17.5 Å². The predicted octanol–water partition coefficient (Wildman–Crippen LogP) is 1.27. The van der Waals surface area contributed by atoms with Crippen molar-refractivity contribution in [2.45, 2.75) is 12.5 Å². The van der Waals surface area contributed by atoms with Crippen molar-refractivity contribution >= 4 is 22.9 Å². The third-order valence-corrected chi connectivity index (χ3v) is 3.28. The summed E-state index contributed by atoms with van der Waals surface area (Å²) in [4.78, 5) is 1.16. The molecule has 0 spiro atoms. The molecule has 0 aliphatic carbocycles. The van der Waals surface area contributed by atoms with Gasteiger partial charge in [-0.3, -0.25) is 11.3 Å². The molecule has 0 aromatic carbocycles. The lowest BCUT2D eigenvalue weighted by atomic mass is 10.1. The maximum Gasteiger partial charge on any atom is 0.101 e. The molecule has 5 nitrogen and oxygen atoms in total. The number of hydrazine groups is 1. The fraction of sp³-hybridized carbons (Fsp3) is 0.250. The molecule has 4 N–H and O–H groups in total. The second kappa shape index (κ2) is 4.71. The maximum atomic E-state index is 5.84. The van der Waals surface area contributed by atoms with E-state index < -0.39 is 0 Å². The summed E-state index contributed by atoms with van der Waals surface area (Å²) in [5.74, 6) is 5.46. The monoisotopic (exact) mass is 243 g/mol. The van der Waals surface area contributed by atoms with E-state index in [1.165, 1.54) is 0 Å². The first-order valence-corrected chi connectivity index (χ1v) is 5.55. The Kier molecular flexibility index (Phi) is 3.32. The number of rotatable bonds is 4. The minimum absolute atomic E-state index is 0.0431. The van der Waals surface area contributed by atoms with Crippen LogP contribution in [0.5, 0.6) is 0 Å². The smallest absolute Gasteiger partial charge is 0.101 e. The van der Waals surface area contributed by atoms with Crippen LogP contribution in [0.25, 0.3) is 0 Å². The number of thiophene rings is 1. The van der Waals surface area contributed by atoms with Crippen LogP contribution in [-0.2, 0) is 6.42 Å². The van der Waals surface area contributed by atoms with Gasteiger partial charge in [0.25, 0.3) is 0 Å². The van der Waals surface area contributed by atoms with Gasteiger partial charge >= 0.3 is 0 Å². The molecule has 0 radical (unpaired) electrons. The van der Waals surface area contributed by atoms with Crippen molar-refractivity contribution < 1.29 is 0 Å². The van der Waals surface area contributed by atoms with Gasteiger partial charge in [-0.2, -0.15) is 15.4 Å². The fourth-order valence-corrected chi connectivity index (χ4v) is 2.42. The zero-order valence-electron chi connectivity index (χ0n) is 7.77. The van der Waals surface area contributed by atoms with E-state index in [9.17, 15) is 0 Å². The first-order valence-electron chi connectivity index (χ1n) is 4.35. The highest BCUT2D eigenvalue weighted by Crippen LogP contribution is 2.25. The number of nitrogens with two attached hydrogens (primary N) is 1. The standard InChI is InChI=1S/C8H10ClN5S/c9-8-2-1-5(15-8)3-6(12-10)7-4-11-14-13-7/h1-2,4,6,12H,3,10H2,(H,11,13,14). The normalized spacial score (nSPS) is 12.9. The molecular weight excluding hydrogens is 234 g/mol. The Labute approximate surface area is 95.6 Å². The number of aromatic nitrogens is 3. The summed E-state index contributed by atoms with van der Waals surface area (Å²) >= 11 is 7.38. The summed E-state index contributed by atoms with van der Waals surface area (Å²) in [5, 5.41) is 10.3. The average Bonchev–Trinajstić information content (AvgIpc) is 2.85. The van der Waals surface area contributed by atoms with Crippen molar-refractivity contribution in [1.29, 1.82) is 0 Å². The molecule has 0 fully saturated rings. The van der Waals surface area contributed by atoms with Gasteiger partial charge < -0.3 is 0 Å². The molecular formula is C8H10ClN5S. The Balaban J connectivity index is 2.09. The summed E-state index contributed by atoms with van der Waals surface area (Å²) in [6.45, 7) is 0. The Bertz CT molecular complexity index is 412. The minimum Gasteiger partial charge on any atom is -0.271 e. The van der Waals surface area contributed by atoms with E-state index in [0.717, 1.165) is 21.3 Å². The highest BCUT2D eigenvalue weighted by Gasteiger charge is 2.14. The van der Waals surface area contributed by atoms with Crippen LogP contribution in [0.3, 0.4) is 0 Å². The van der Waals surface area contributed by atoms with Crippen LogP contribution >= 0.6 is 22.9 Å². The Hall–Kier alpha value is -0.950. The van der Waals surface area contributed by atoms with Gasteiger partial charge in [-0.25, -0.2) is 0 Å². The summed E-state index contributed by atoms with van der Waals surface area (Å²) in [6.07, 6.45) is 2.40. The molecule has 0 bridgehead atoms. The number of halogens is 1. The molecule has 0 amide bonds. The molecule has 2 rings (SSSR count). The quantitative estimate of drug-likeness (QED) is 0.558. The summed E-state index contributed by atoms with van der Waals surface area (Å²) in [7, 11) is 0. The van der Waals surface area contributed by atoms with E-state index in [1.807, 2.05) is 12.1 Å². The number of nitrogens with zero attached hydrogens (tertiary/aromatic N) is 2. The highest BCUT2D eigenvalue weighted by atomic mass is 35.5. The highest BCUT2D eigenvalue weighted by molar-refractivity contribution is 7.16. The SMILES string of the molecule is NNC(Cc1ccc(Cl)s1)c1cn[nH]n1. The van der Waals surface area contributed by atoms with E-state index in [0.29, 0.717) is 0 Å². The molecule has 0 aliphatic rings. The van der Waals surface area contributed by atoms with Gasteiger partial charge in [0.05, 0.1) is 16.6 Å². The first kappa shape index (κ1) is 10.6. The summed E-state index contributed by atoms with van der Waals surface area (Å²) in [6, 6.07) is 3.81. The molecule has 0 saturated carbocycles. The zero-order valence-corrected chi connectivity index (χ0v) is 9.35. The van der Waals surface area contributed by atoms with Crippen molar-refractivity contribution in [1.82, 2.24) is 20.8 Å². The minimum atomic E-state index is -0.0431. The van der Waals surface area contributed by atoms with Crippen LogP contribution in [0.2, 0.25) is 4.34 Å². The van der Waals surface area contributed by atoms with Gasteiger partial charge in [0.1, 0.15) is 5.69 Å². The molecule has 1 unspecified atom stereocenters. The second-order valence-corrected chi connectivity index (χ2v) is 4.82. The van der Waals surface area contributed by atoms with E-state index >= 15 is 0 Å². The van der Waals surface area contributed by atoms with Gasteiger partial charge in [0.2, 0.25) is 0 Å². The summed E-state index contributed by atoms with van der Waals surface area (Å²) in [5.41, 5.74) is 3.50. The van der Waals surface area contributed by atoms with E-state index in [2.05, 4.69) is 20.8 Å². The number of aromatic amines is 1. The van der Waals surface area contributed by atoms with Gasteiger partial charge in [0, 0.05) is 11.3 Å². The van der Waals surface area contributed by atoms with Crippen molar-refractivity contribution in [3.8, 4) is 0 Å². The lowest BCUT2D eigenvalue weighted by Crippen LogP contribution is -2.29. The maximum absolute atomic E-state index is 5.84. The molecule has 2 aromatic heterocycles. The molecule has 1 atom stereocenters. The van der Waals surface area contributed by atoms with Gasteiger partial charge in [-0.05, 0) is 12.1 Å². The van der Waals surface area contributed by atoms with Crippen molar-refractivity contribution in [3.05, 3.63) is 33.2 Å². The number of hydrogen-bond donors (Lipinski definition) is 3. The van der Waals surface area contributed by atoms with Crippen molar-refractivity contribution in [3.63, 3.8) is 0 Å². The fourth-order valence-electron chi connectivity index (χ4n) is 1.29. The first-order chi connectivity index (χ1) is 7.29. The molecule has 7 heteroatoms. The predicted molar refractivity (Wildman–Crippen MR) is 59.5 cm³/mol. The summed E-state index contributed by atoms with van der Waals surface area (Å²) < 4.78 is 0.779. The van der Waals surface area contributed by atoms with E-state index in [4.69, 9.17) is 17.4 Å². The van der Waals surface area contributed by atoms with Crippen LogP contribution in [0.1, 0.15) is 16.6 Å². The molecule has 2 aromatic rings. The van der Waals surface area contributed by atoms with Crippen LogP contribution < -0.4 is 11.3 Å². The topological polar surface area (TPSA) is 79.6 Å². The molecule has 0 saturated heterocycles. The second-order valence-electron chi connectivity index (χ2n) is 3.02. The van der Waals surface area contributed by atoms with Crippen LogP contribution in [0.4, 0.5) is 0 Å². The van der Waals surface area contributed by atoms with E-state index in [-0.39, 0.29) is 6.04 Å². The molecule has 2 heterocycles. The lowest BCUT2D eigenvalue weighted by Gasteiger charge is -2.10. The van der Waals surface area contributed by atoms with Gasteiger partial charge in [0.15, 0.2) is 0 Å².